The van der Waals surface area contributed by atoms with Crippen molar-refractivity contribution in [3.8, 4) is 0 Å². The van der Waals surface area contributed by atoms with Crippen molar-refractivity contribution in [3.63, 3.8) is 0 Å². The molecule has 5 atom stereocenters. The largest absolute Gasteiger partial charge is 0.472 e. The van der Waals surface area contributed by atoms with E-state index in [1.165, 1.54) is 70.6 Å². The summed E-state index contributed by atoms with van der Waals surface area (Å²) in [6.45, 7) is 4.60. The van der Waals surface area contributed by atoms with Gasteiger partial charge in [0.15, 0.2) is 12.2 Å². The van der Waals surface area contributed by atoms with Crippen molar-refractivity contribution in [1.82, 2.24) is 0 Å². The SMILES string of the molecule is CC/C=C\C/C=C\C/C=C\C/C=C\CCCCC(=O)OCC(COP(=O)(O)OCC(O)COP(=O)(O)OCC(COC(=O)CCCCCCC/C=C\C/C=C\CCCCC)OC(=O)CCCCCCCCCCCCCCC)OC(=O)CCCCCCC/C=C\C/C=C\CCC. The number of hydrogen-bond donors (Lipinski definition) is 3. The lowest BCUT2D eigenvalue weighted by molar-refractivity contribution is -0.161. The molecule has 0 aromatic carbocycles. The highest BCUT2D eigenvalue weighted by Crippen LogP contribution is 2.45. The second-order valence-corrected chi connectivity index (χ2v) is 27.8. The summed E-state index contributed by atoms with van der Waals surface area (Å²) in [6, 6.07) is 0. The Bertz CT molecular complexity index is 2200. The maximum absolute atomic E-state index is 13.1. The van der Waals surface area contributed by atoms with Gasteiger partial charge in [0.25, 0.3) is 0 Å². The number of rotatable bonds is 70. The Hall–Kier alpha value is -4.02. The first-order valence-corrected chi connectivity index (χ1v) is 40.5. The van der Waals surface area contributed by atoms with Crippen molar-refractivity contribution in [2.24, 2.45) is 0 Å². The van der Waals surface area contributed by atoms with Crippen LogP contribution in [0.2, 0.25) is 0 Å². The zero-order valence-corrected chi connectivity index (χ0v) is 62.1. The zero-order chi connectivity index (χ0) is 70.4. The number of phosphoric acid groups is 2. The van der Waals surface area contributed by atoms with Gasteiger partial charge in [0.05, 0.1) is 26.4 Å². The van der Waals surface area contributed by atoms with Crippen LogP contribution in [0.1, 0.15) is 310 Å². The number of unbranched alkanes of at least 4 members (excludes halogenated alkanes) is 28. The first-order valence-electron chi connectivity index (χ1n) is 37.5. The molecule has 0 spiro atoms. The number of ether oxygens (including phenoxy) is 4. The number of esters is 4. The van der Waals surface area contributed by atoms with Gasteiger partial charge in [-0.25, -0.2) is 9.13 Å². The maximum Gasteiger partial charge on any atom is 0.472 e. The van der Waals surface area contributed by atoms with Gasteiger partial charge >= 0.3 is 39.5 Å². The minimum Gasteiger partial charge on any atom is -0.462 e. The lowest BCUT2D eigenvalue weighted by Crippen LogP contribution is -2.30. The van der Waals surface area contributed by atoms with Crippen molar-refractivity contribution in [3.05, 3.63) is 97.2 Å². The van der Waals surface area contributed by atoms with E-state index < -0.39 is 97.5 Å². The van der Waals surface area contributed by atoms with Gasteiger partial charge in [0.2, 0.25) is 0 Å². The standard InChI is InChI=1S/C77H134O17P2/c1-5-9-13-17-21-25-29-33-35-39-41-45-49-53-57-61-74(79)87-67-72(93-76(81)63-59-55-51-47-43-37-31-27-23-19-15-11-7-3)69-91-95(83,84)89-65-71(78)66-90-96(85,86)92-70-73(94-77(82)64-60-56-52-48-44-38-32-28-24-20-16-12-8-4)68-88-75(80)62-58-54-50-46-42-40-36-34-30-26-22-18-14-10-6-2/h9,13,15,19,21-22,25-27,31,33-36,41,45,71-73,78H,5-8,10-12,14,16-18,20,23-24,28-30,32,37-40,42-44,46-70H2,1-4H3,(H,83,84)(H,85,86)/b13-9-,19-15-,25-21-,26-22-,31-27-,35-33-,36-34-,45-41-. The fourth-order valence-electron chi connectivity index (χ4n) is 9.81. The minimum atomic E-state index is -4.98. The van der Waals surface area contributed by atoms with Crippen LogP contribution in [0.15, 0.2) is 97.2 Å². The van der Waals surface area contributed by atoms with Crippen LogP contribution in [0.4, 0.5) is 0 Å². The molecule has 554 valence electrons. The molecule has 0 saturated heterocycles. The van der Waals surface area contributed by atoms with Crippen molar-refractivity contribution >= 4 is 39.5 Å². The van der Waals surface area contributed by atoms with Crippen LogP contribution in [0.25, 0.3) is 0 Å². The van der Waals surface area contributed by atoms with Gasteiger partial charge in [-0.05, 0) is 122 Å². The van der Waals surface area contributed by atoms with Gasteiger partial charge in [-0.1, -0.05) is 260 Å². The third kappa shape index (κ3) is 68.5. The molecule has 0 heterocycles. The van der Waals surface area contributed by atoms with Gasteiger partial charge in [-0.2, -0.15) is 0 Å². The maximum atomic E-state index is 13.1. The Morgan fingerprint density at radius 2 is 0.562 bits per heavy atom. The predicted molar refractivity (Wildman–Crippen MR) is 390 cm³/mol. The molecular formula is C77H134O17P2. The number of allylic oxidation sites excluding steroid dienone is 16. The molecule has 17 nitrogen and oxygen atoms in total. The molecule has 5 unspecified atom stereocenters. The van der Waals surface area contributed by atoms with E-state index in [9.17, 15) is 43.2 Å². The number of phosphoric ester groups is 2. The van der Waals surface area contributed by atoms with Crippen LogP contribution in [-0.2, 0) is 65.4 Å². The van der Waals surface area contributed by atoms with Crippen LogP contribution in [0.5, 0.6) is 0 Å². The number of hydrogen-bond acceptors (Lipinski definition) is 15. The molecule has 0 fully saturated rings. The first kappa shape index (κ1) is 92.0. The Labute approximate surface area is 582 Å². The molecule has 0 bridgehead atoms. The molecule has 3 N–H and O–H groups in total. The lowest BCUT2D eigenvalue weighted by atomic mass is 10.0. The lowest BCUT2D eigenvalue weighted by Gasteiger charge is -2.21. The summed E-state index contributed by atoms with van der Waals surface area (Å²) in [5.74, 6) is -2.24. The molecule has 0 amide bonds. The van der Waals surface area contributed by atoms with E-state index in [1.807, 2.05) is 0 Å². The average molecular weight is 1390 g/mol. The molecule has 19 heteroatoms. The summed E-state index contributed by atoms with van der Waals surface area (Å²) >= 11 is 0. The smallest absolute Gasteiger partial charge is 0.462 e. The van der Waals surface area contributed by atoms with Crippen molar-refractivity contribution in [2.75, 3.05) is 39.6 Å². The van der Waals surface area contributed by atoms with Crippen LogP contribution in [0, 0.1) is 0 Å². The second kappa shape index (κ2) is 69.5. The van der Waals surface area contributed by atoms with Crippen LogP contribution in [0.3, 0.4) is 0 Å². The fraction of sp³-hybridized carbons (Fsp3) is 0.740. The number of aliphatic hydroxyl groups is 1. The molecule has 0 aromatic heterocycles. The normalized spacial score (nSPS) is 14.5. The average Bonchev–Trinajstić information content (AvgIpc) is 1.14. The predicted octanol–water partition coefficient (Wildman–Crippen LogP) is 21.2. The van der Waals surface area contributed by atoms with Crippen LogP contribution < -0.4 is 0 Å². The van der Waals surface area contributed by atoms with E-state index in [2.05, 4.69) is 125 Å². The quantitative estimate of drug-likeness (QED) is 0.0169. The summed E-state index contributed by atoms with van der Waals surface area (Å²) in [7, 11) is -9.96. The van der Waals surface area contributed by atoms with Crippen LogP contribution >= 0.6 is 15.6 Å². The molecular weight excluding hydrogens is 1260 g/mol. The van der Waals surface area contributed by atoms with E-state index in [4.69, 9.17) is 37.0 Å². The highest BCUT2D eigenvalue weighted by Gasteiger charge is 2.30. The van der Waals surface area contributed by atoms with Gasteiger partial charge in [0, 0.05) is 25.7 Å². The molecule has 0 aliphatic heterocycles. The topological polar surface area (TPSA) is 237 Å². The van der Waals surface area contributed by atoms with Gasteiger partial charge in [0.1, 0.15) is 19.3 Å². The first-order chi connectivity index (χ1) is 46.7. The molecule has 0 aliphatic rings. The summed E-state index contributed by atoms with van der Waals surface area (Å²) in [4.78, 5) is 72.7. The summed E-state index contributed by atoms with van der Waals surface area (Å²) in [6.07, 6.45) is 71.2. The summed E-state index contributed by atoms with van der Waals surface area (Å²) in [5.41, 5.74) is 0. The monoisotopic (exact) mass is 1390 g/mol. The van der Waals surface area contributed by atoms with Crippen molar-refractivity contribution in [2.45, 2.75) is 329 Å². The number of carbonyl (C=O) groups excluding carboxylic acids is 4. The fourth-order valence-corrected chi connectivity index (χ4v) is 11.4. The summed E-state index contributed by atoms with van der Waals surface area (Å²) < 4.78 is 68.3. The zero-order valence-electron chi connectivity index (χ0n) is 60.3. The van der Waals surface area contributed by atoms with Crippen molar-refractivity contribution in [1.29, 1.82) is 0 Å². The molecule has 0 saturated carbocycles. The highest BCUT2D eigenvalue weighted by atomic mass is 31.2. The molecule has 96 heavy (non-hydrogen) atoms. The van der Waals surface area contributed by atoms with Gasteiger partial charge in [-0.15, -0.1) is 0 Å². The van der Waals surface area contributed by atoms with Crippen molar-refractivity contribution < 1.29 is 80.2 Å². The third-order valence-corrected chi connectivity index (χ3v) is 17.4. The van der Waals surface area contributed by atoms with E-state index >= 15 is 0 Å². The van der Waals surface area contributed by atoms with Gasteiger partial charge in [-0.3, -0.25) is 37.3 Å². The molecule has 0 radical (unpaired) electrons. The Kier molecular flexibility index (Phi) is 66.6. The van der Waals surface area contributed by atoms with E-state index in [0.717, 1.165) is 161 Å². The highest BCUT2D eigenvalue weighted by molar-refractivity contribution is 7.47. The Balaban J connectivity index is 5.38. The Morgan fingerprint density at radius 1 is 0.302 bits per heavy atom. The minimum absolute atomic E-state index is 0.0691. The molecule has 0 aliphatic carbocycles. The summed E-state index contributed by atoms with van der Waals surface area (Å²) in [5, 5.41) is 10.6. The molecule has 0 rings (SSSR count). The molecule has 0 aromatic rings. The Morgan fingerprint density at radius 3 is 0.917 bits per heavy atom. The van der Waals surface area contributed by atoms with Crippen LogP contribution in [-0.4, -0.2) is 96.7 Å². The number of carbonyl (C=O) groups is 4. The van der Waals surface area contributed by atoms with E-state index in [-0.39, 0.29) is 25.7 Å². The second-order valence-electron chi connectivity index (χ2n) is 24.9. The van der Waals surface area contributed by atoms with E-state index in [0.29, 0.717) is 25.7 Å². The number of aliphatic hydroxyl groups excluding tert-OH is 1. The van der Waals surface area contributed by atoms with E-state index in [1.54, 1.807) is 0 Å². The van der Waals surface area contributed by atoms with Gasteiger partial charge < -0.3 is 33.8 Å². The third-order valence-electron chi connectivity index (χ3n) is 15.5.